The van der Waals surface area contributed by atoms with Crippen LogP contribution in [0.2, 0.25) is 0 Å². The molecule has 15 heavy (non-hydrogen) atoms. The van der Waals surface area contributed by atoms with E-state index in [0.29, 0.717) is 5.88 Å². The lowest BCUT2D eigenvalue weighted by Gasteiger charge is -2.09. The zero-order valence-corrected chi connectivity index (χ0v) is 10.00. The quantitative estimate of drug-likeness (QED) is 0.684. The number of allylic oxidation sites excluding steroid dienone is 1. The van der Waals surface area contributed by atoms with Crippen LogP contribution < -0.4 is 4.74 Å². The van der Waals surface area contributed by atoms with Crippen molar-refractivity contribution in [2.75, 3.05) is 5.88 Å². The van der Waals surface area contributed by atoms with Crippen LogP contribution in [0.15, 0.2) is 30.3 Å². The molecule has 2 heteroatoms. The number of benzene rings is 1. The predicted octanol–water partition coefficient (Wildman–Crippen LogP) is 4.12. The average molecular weight is 225 g/mol. The Balaban J connectivity index is 2.65. The molecule has 1 aromatic carbocycles. The topological polar surface area (TPSA) is 9.23 Å². The summed E-state index contributed by atoms with van der Waals surface area (Å²) >= 11 is 5.59. The Hall–Kier alpha value is -0.950. The third-order valence-corrected chi connectivity index (χ3v) is 2.03. The number of rotatable bonds is 5. The second kappa shape index (κ2) is 6.52. The molecule has 0 atom stereocenters. The summed E-state index contributed by atoms with van der Waals surface area (Å²) in [5, 5.41) is 0. The fourth-order valence-corrected chi connectivity index (χ4v) is 1.37. The van der Waals surface area contributed by atoms with Crippen molar-refractivity contribution in [3.63, 3.8) is 0 Å². The van der Waals surface area contributed by atoms with Crippen LogP contribution in [0.25, 0.3) is 6.08 Å². The Morgan fingerprint density at radius 1 is 1.40 bits per heavy atom. The van der Waals surface area contributed by atoms with E-state index in [4.69, 9.17) is 16.3 Å². The van der Waals surface area contributed by atoms with Crippen molar-refractivity contribution < 1.29 is 4.74 Å². The van der Waals surface area contributed by atoms with Gasteiger partial charge in [0.25, 0.3) is 0 Å². The van der Waals surface area contributed by atoms with Crippen molar-refractivity contribution in [1.82, 2.24) is 0 Å². The summed E-state index contributed by atoms with van der Waals surface area (Å²) < 4.78 is 5.60. The maximum Gasteiger partial charge on any atom is 0.120 e. The van der Waals surface area contributed by atoms with Gasteiger partial charge in [0, 0.05) is 5.88 Å². The number of alkyl halides is 1. The molecule has 0 amide bonds. The third kappa shape index (κ3) is 4.89. The van der Waals surface area contributed by atoms with E-state index in [1.807, 2.05) is 32.0 Å². The van der Waals surface area contributed by atoms with Gasteiger partial charge >= 0.3 is 0 Å². The van der Waals surface area contributed by atoms with E-state index in [-0.39, 0.29) is 6.10 Å². The van der Waals surface area contributed by atoms with Gasteiger partial charge in [0.05, 0.1) is 6.10 Å². The molecule has 0 aliphatic heterocycles. The summed E-state index contributed by atoms with van der Waals surface area (Å²) in [4.78, 5) is 0. The third-order valence-electron chi connectivity index (χ3n) is 1.82. The first-order chi connectivity index (χ1) is 7.22. The second-order valence-electron chi connectivity index (χ2n) is 3.62. The summed E-state index contributed by atoms with van der Waals surface area (Å²) in [5.74, 6) is 1.58. The van der Waals surface area contributed by atoms with Crippen LogP contribution in [0.1, 0.15) is 25.8 Å². The lowest BCUT2D eigenvalue weighted by molar-refractivity contribution is 0.242. The van der Waals surface area contributed by atoms with Crippen molar-refractivity contribution >= 4 is 17.7 Å². The highest BCUT2D eigenvalue weighted by molar-refractivity contribution is 6.17. The molecule has 0 radical (unpaired) electrons. The van der Waals surface area contributed by atoms with Crippen LogP contribution in [-0.2, 0) is 0 Å². The largest absolute Gasteiger partial charge is 0.491 e. The van der Waals surface area contributed by atoms with E-state index >= 15 is 0 Å². The maximum absolute atomic E-state index is 5.60. The summed E-state index contributed by atoms with van der Waals surface area (Å²) in [6, 6.07) is 8.06. The molecule has 0 bridgehead atoms. The van der Waals surface area contributed by atoms with E-state index in [1.165, 1.54) is 0 Å². The average Bonchev–Trinajstić information content (AvgIpc) is 2.18. The van der Waals surface area contributed by atoms with Crippen LogP contribution in [0, 0.1) is 0 Å². The van der Waals surface area contributed by atoms with E-state index < -0.39 is 0 Å². The van der Waals surface area contributed by atoms with Crippen molar-refractivity contribution in [1.29, 1.82) is 0 Å². The Labute approximate surface area is 96.7 Å². The molecule has 82 valence electrons. The van der Waals surface area contributed by atoms with Gasteiger partial charge in [-0.3, -0.25) is 0 Å². The van der Waals surface area contributed by atoms with E-state index in [1.54, 1.807) is 0 Å². The van der Waals surface area contributed by atoms with Crippen molar-refractivity contribution in [3.8, 4) is 5.75 Å². The molecular weight excluding hydrogens is 208 g/mol. The van der Waals surface area contributed by atoms with Gasteiger partial charge in [0.2, 0.25) is 0 Å². The van der Waals surface area contributed by atoms with Crippen molar-refractivity contribution in [2.45, 2.75) is 26.4 Å². The van der Waals surface area contributed by atoms with Gasteiger partial charge in [-0.2, -0.15) is 0 Å². The first-order valence-corrected chi connectivity index (χ1v) is 5.75. The molecule has 0 saturated carbocycles. The fraction of sp³-hybridized carbons (Fsp3) is 0.385. The fourth-order valence-electron chi connectivity index (χ4n) is 1.25. The molecule has 0 aliphatic rings. The lowest BCUT2D eigenvalue weighted by atomic mass is 10.2. The van der Waals surface area contributed by atoms with Crippen LogP contribution in [0.3, 0.4) is 0 Å². The van der Waals surface area contributed by atoms with Gasteiger partial charge in [0.1, 0.15) is 5.75 Å². The van der Waals surface area contributed by atoms with Crippen LogP contribution in [0.4, 0.5) is 0 Å². The predicted molar refractivity (Wildman–Crippen MR) is 66.6 cm³/mol. The summed E-state index contributed by atoms with van der Waals surface area (Å²) in [6.45, 7) is 4.05. The summed E-state index contributed by atoms with van der Waals surface area (Å²) in [7, 11) is 0. The van der Waals surface area contributed by atoms with E-state index in [0.717, 1.165) is 17.7 Å². The number of hydrogen-bond acceptors (Lipinski definition) is 1. The highest BCUT2D eigenvalue weighted by Crippen LogP contribution is 2.16. The normalized spacial score (nSPS) is 11.2. The van der Waals surface area contributed by atoms with Gasteiger partial charge in [0.15, 0.2) is 0 Å². The molecule has 0 aliphatic carbocycles. The van der Waals surface area contributed by atoms with E-state index in [9.17, 15) is 0 Å². The van der Waals surface area contributed by atoms with Gasteiger partial charge in [-0.15, -0.1) is 11.6 Å². The zero-order chi connectivity index (χ0) is 11.1. The molecule has 0 saturated heterocycles. The Morgan fingerprint density at radius 2 is 2.20 bits per heavy atom. The number of ether oxygens (including phenoxy) is 1. The highest BCUT2D eigenvalue weighted by Gasteiger charge is 1.96. The standard InChI is InChI=1S/C13H17ClO/c1-11(2)15-13-8-5-7-12(10-13)6-3-4-9-14/h3,5-8,10-11H,4,9H2,1-2H3. The second-order valence-corrected chi connectivity index (χ2v) is 4.00. The minimum atomic E-state index is 0.215. The molecule has 0 spiro atoms. The molecule has 0 aromatic heterocycles. The van der Waals surface area contributed by atoms with Crippen LogP contribution in [0.5, 0.6) is 5.75 Å². The minimum Gasteiger partial charge on any atom is -0.491 e. The first kappa shape index (κ1) is 12.1. The van der Waals surface area contributed by atoms with Crippen molar-refractivity contribution in [3.05, 3.63) is 35.9 Å². The maximum atomic E-state index is 5.60. The van der Waals surface area contributed by atoms with Gasteiger partial charge in [-0.25, -0.2) is 0 Å². The molecule has 1 nitrogen and oxygen atoms in total. The summed E-state index contributed by atoms with van der Waals surface area (Å²) in [5.41, 5.74) is 1.15. The lowest BCUT2D eigenvalue weighted by Crippen LogP contribution is -2.05. The van der Waals surface area contributed by atoms with Crippen LogP contribution in [-0.4, -0.2) is 12.0 Å². The summed E-state index contributed by atoms with van der Waals surface area (Å²) in [6.07, 6.45) is 5.25. The Morgan fingerprint density at radius 3 is 2.87 bits per heavy atom. The molecule has 1 aromatic rings. The smallest absolute Gasteiger partial charge is 0.120 e. The monoisotopic (exact) mass is 224 g/mol. The van der Waals surface area contributed by atoms with Gasteiger partial charge in [-0.1, -0.05) is 24.3 Å². The first-order valence-electron chi connectivity index (χ1n) is 5.21. The number of halogens is 1. The van der Waals surface area contributed by atoms with Gasteiger partial charge in [-0.05, 0) is 38.0 Å². The molecule has 0 heterocycles. The molecular formula is C13H17ClO. The van der Waals surface area contributed by atoms with Crippen LogP contribution >= 0.6 is 11.6 Å². The highest BCUT2D eigenvalue weighted by atomic mass is 35.5. The molecule has 0 unspecified atom stereocenters. The SMILES string of the molecule is CC(C)Oc1cccc(C=CCCCl)c1. The Bertz CT molecular complexity index is 318. The van der Waals surface area contributed by atoms with Gasteiger partial charge < -0.3 is 4.74 Å². The minimum absolute atomic E-state index is 0.215. The molecule has 0 fully saturated rings. The molecule has 1 rings (SSSR count). The van der Waals surface area contributed by atoms with E-state index in [2.05, 4.69) is 18.2 Å². The zero-order valence-electron chi connectivity index (χ0n) is 9.24. The molecule has 0 N–H and O–H groups in total. The Kier molecular flexibility index (Phi) is 5.27. The number of hydrogen-bond donors (Lipinski definition) is 0. The van der Waals surface area contributed by atoms with Crippen molar-refractivity contribution in [2.24, 2.45) is 0 Å².